The Morgan fingerprint density at radius 2 is 2.06 bits per heavy atom. The van der Waals surface area contributed by atoms with Crippen molar-refractivity contribution in [3.8, 4) is 5.88 Å². The molecule has 1 unspecified atom stereocenters. The van der Waals surface area contributed by atoms with Crippen LogP contribution in [-0.4, -0.2) is 57.2 Å². The topological polar surface area (TPSA) is 101 Å². The Morgan fingerprint density at radius 3 is 2.91 bits per heavy atom. The lowest BCUT2D eigenvalue weighted by atomic mass is 10.0. The summed E-state index contributed by atoms with van der Waals surface area (Å²) in [7, 11) is 0. The van der Waals surface area contributed by atoms with Crippen LogP contribution in [-0.2, 0) is 11.3 Å². The number of nitrogens with one attached hydrogen (secondary N) is 1. The van der Waals surface area contributed by atoms with Crippen LogP contribution in [0.4, 0.5) is 10.6 Å². The van der Waals surface area contributed by atoms with Gasteiger partial charge in [0.15, 0.2) is 0 Å². The van der Waals surface area contributed by atoms with Crippen LogP contribution >= 0.6 is 11.6 Å². The molecule has 9 nitrogen and oxygen atoms in total. The van der Waals surface area contributed by atoms with E-state index in [-0.39, 0.29) is 36.0 Å². The van der Waals surface area contributed by atoms with E-state index in [1.807, 2.05) is 35.2 Å². The summed E-state index contributed by atoms with van der Waals surface area (Å²) in [5.41, 5.74) is 1.02. The van der Waals surface area contributed by atoms with Crippen LogP contribution in [0.3, 0.4) is 0 Å². The Balaban J connectivity index is 1.32. The molecule has 3 aromatic rings. The monoisotopic (exact) mass is 453 g/mol. The van der Waals surface area contributed by atoms with Gasteiger partial charge in [-0.25, -0.2) is 14.6 Å². The number of benzene rings is 1. The number of ether oxygens (including phenoxy) is 2. The van der Waals surface area contributed by atoms with E-state index in [9.17, 15) is 9.59 Å². The highest BCUT2D eigenvalue weighted by molar-refractivity contribution is 6.30. The van der Waals surface area contributed by atoms with Gasteiger partial charge in [-0.1, -0.05) is 41.9 Å². The van der Waals surface area contributed by atoms with Crippen molar-refractivity contribution in [3.05, 3.63) is 57.6 Å². The number of amides is 1. The molecule has 6 rings (SSSR count). The molecule has 164 valence electrons. The molecule has 3 aliphatic rings. The lowest BCUT2D eigenvalue weighted by Gasteiger charge is -2.45. The number of piperazine rings is 1. The predicted octanol–water partition coefficient (Wildman–Crippen LogP) is 2.72. The van der Waals surface area contributed by atoms with Crippen molar-refractivity contribution in [2.24, 2.45) is 0 Å². The first-order chi connectivity index (χ1) is 15.6. The van der Waals surface area contributed by atoms with E-state index in [0.717, 1.165) is 18.4 Å². The Bertz CT molecular complexity index is 1270. The van der Waals surface area contributed by atoms with Gasteiger partial charge >= 0.3 is 11.8 Å². The van der Waals surface area contributed by atoms with Crippen molar-refractivity contribution in [3.63, 3.8) is 0 Å². The van der Waals surface area contributed by atoms with Gasteiger partial charge in [0.05, 0.1) is 23.6 Å². The second kappa shape index (κ2) is 7.37. The molecule has 1 N–H and O–H groups in total. The van der Waals surface area contributed by atoms with Gasteiger partial charge in [0.2, 0.25) is 5.88 Å². The highest BCUT2D eigenvalue weighted by Crippen LogP contribution is 2.42. The third kappa shape index (κ3) is 3.07. The number of aromatic amines is 1. The Kier molecular flexibility index (Phi) is 4.46. The SMILES string of the molecule is O=C(OCc1ccccc1)N1[C@H]2CC[C@@H]1C1COc3nc(Cl)cc4[nH]c(=O)nc(c34)N1C2. The lowest BCUT2D eigenvalue weighted by molar-refractivity contribution is 0.0583. The van der Waals surface area contributed by atoms with Crippen LogP contribution in [0.1, 0.15) is 18.4 Å². The molecule has 3 atom stereocenters. The molecule has 32 heavy (non-hydrogen) atoms. The van der Waals surface area contributed by atoms with Crippen molar-refractivity contribution in [1.29, 1.82) is 0 Å². The number of hydrogen-bond donors (Lipinski definition) is 1. The van der Waals surface area contributed by atoms with E-state index in [1.54, 1.807) is 6.07 Å². The average Bonchev–Trinajstić information content (AvgIpc) is 3.02. The van der Waals surface area contributed by atoms with Crippen LogP contribution in [0, 0.1) is 0 Å². The second-order valence-electron chi connectivity index (χ2n) is 8.31. The minimum Gasteiger partial charge on any atom is -0.475 e. The van der Waals surface area contributed by atoms with Crippen molar-refractivity contribution < 1.29 is 14.3 Å². The third-order valence-electron chi connectivity index (χ3n) is 6.50. The van der Waals surface area contributed by atoms with Gasteiger partial charge < -0.3 is 19.4 Å². The minimum absolute atomic E-state index is 0.0301. The van der Waals surface area contributed by atoms with Crippen LogP contribution in [0.2, 0.25) is 5.15 Å². The summed E-state index contributed by atoms with van der Waals surface area (Å²) in [6.07, 6.45) is 1.36. The molecule has 0 spiro atoms. The quantitative estimate of drug-likeness (QED) is 0.595. The molecule has 1 aromatic carbocycles. The minimum atomic E-state index is -0.460. The fourth-order valence-corrected chi connectivity index (χ4v) is 5.33. The van der Waals surface area contributed by atoms with Gasteiger partial charge in [0, 0.05) is 12.6 Å². The Labute approximate surface area is 187 Å². The standard InChI is InChI=1S/C22H20ClN5O4/c23-17-8-14-18-19(26-21(29)24-14)27-9-13-6-7-15(16(27)11-31-20(18)25-17)28(13)22(30)32-10-12-4-2-1-3-5-12/h1-5,8,13,15-16H,6-7,9-11H2,(H,24,26,29)/t13-,15+,16?/m0/s1. The first kappa shape index (κ1) is 19.4. The van der Waals surface area contributed by atoms with Crippen molar-refractivity contribution in [2.75, 3.05) is 18.1 Å². The van der Waals surface area contributed by atoms with Crippen LogP contribution in [0.25, 0.3) is 10.9 Å². The van der Waals surface area contributed by atoms with Crippen molar-refractivity contribution in [2.45, 2.75) is 37.6 Å². The molecule has 1 amide bonds. The van der Waals surface area contributed by atoms with E-state index in [2.05, 4.69) is 19.9 Å². The number of rotatable bonds is 2. The summed E-state index contributed by atoms with van der Waals surface area (Å²) in [6, 6.07) is 10.9. The maximum Gasteiger partial charge on any atom is 0.410 e. The number of nitrogens with zero attached hydrogens (tertiary/aromatic N) is 4. The van der Waals surface area contributed by atoms with Crippen molar-refractivity contribution >= 4 is 34.4 Å². The second-order valence-corrected chi connectivity index (χ2v) is 8.70. The number of aromatic nitrogens is 3. The maximum atomic E-state index is 13.0. The van der Waals surface area contributed by atoms with E-state index < -0.39 is 5.69 Å². The van der Waals surface area contributed by atoms with E-state index >= 15 is 0 Å². The fraction of sp³-hybridized carbons (Fsp3) is 0.364. The summed E-state index contributed by atoms with van der Waals surface area (Å²) in [5, 5.41) is 0.865. The van der Waals surface area contributed by atoms with Crippen molar-refractivity contribution in [1.82, 2.24) is 19.9 Å². The molecule has 2 fully saturated rings. The van der Waals surface area contributed by atoms with Gasteiger partial charge in [0.25, 0.3) is 0 Å². The molecule has 10 heteroatoms. The van der Waals surface area contributed by atoms with Crippen LogP contribution < -0.4 is 15.3 Å². The number of fused-ring (bicyclic) bond motifs is 5. The van der Waals surface area contributed by atoms with Gasteiger partial charge in [-0.3, -0.25) is 4.90 Å². The Hall–Kier alpha value is -3.33. The average molecular weight is 454 g/mol. The summed E-state index contributed by atoms with van der Waals surface area (Å²) in [5.74, 6) is 0.870. The smallest absolute Gasteiger partial charge is 0.410 e. The molecule has 5 heterocycles. The summed E-state index contributed by atoms with van der Waals surface area (Å²) in [6.45, 7) is 1.07. The molecule has 2 aromatic heterocycles. The van der Waals surface area contributed by atoms with Gasteiger partial charge in [-0.05, 0) is 18.4 Å². The molecule has 0 radical (unpaired) electrons. The molecule has 2 saturated heterocycles. The highest BCUT2D eigenvalue weighted by atomic mass is 35.5. The predicted molar refractivity (Wildman–Crippen MR) is 117 cm³/mol. The third-order valence-corrected chi connectivity index (χ3v) is 6.70. The van der Waals surface area contributed by atoms with Gasteiger partial charge in [-0.2, -0.15) is 4.98 Å². The molecule has 0 saturated carbocycles. The van der Waals surface area contributed by atoms with Gasteiger partial charge in [0.1, 0.15) is 29.6 Å². The first-order valence-electron chi connectivity index (χ1n) is 10.6. The number of pyridine rings is 1. The summed E-state index contributed by atoms with van der Waals surface area (Å²) >= 11 is 6.13. The van der Waals surface area contributed by atoms with E-state index in [1.165, 1.54) is 0 Å². The molecular formula is C22H20ClN5O4. The maximum absolute atomic E-state index is 13.0. The normalized spacial score (nSPS) is 23.5. The number of hydrogen-bond acceptors (Lipinski definition) is 7. The summed E-state index contributed by atoms with van der Waals surface area (Å²) in [4.78, 5) is 40.6. The Morgan fingerprint density at radius 1 is 1.22 bits per heavy atom. The zero-order valence-electron chi connectivity index (χ0n) is 17.0. The number of halogens is 1. The number of carbonyl (C=O) groups is 1. The van der Waals surface area contributed by atoms with Crippen LogP contribution in [0.5, 0.6) is 5.88 Å². The highest BCUT2D eigenvalue weighted by Gasteiger charge is 2.51. The number of carbonyl (C=O) groups excluding carboxylic acids is 1. The number of anilines is 1. The lowest BCUT2D eigenvalue weighted by Crippen LogP contribution is -2.63. The van der Waals surface area contributed by atoms with E-state index in [4.69, 9.17) is 21.1 Å². The fourth-order valence-electron chi connectivity index (χ4n) is 5.14. The summed E-state index contributed by atoms with van der Waals surface area (Å²) < 4.78 is 11.7. The zero-order valence-corrected chi connectivity index (χ0v) is 17.8. The first-order valence-corrected chi connectivity index (χ1v) is 11.0. The molecule has 0 aliphatic carbocycles. The zero-order chi connectivity index (χ0) is 21.8. The molecule has 2 bridgehead atoms. The molecule has 3 aliphatic heterocycles. The van der Waals surface area contributed by atoms with E-state index in [0.29, 0.717) is 35.8 Å². The molecular weight excluding hydrogens is 434 g/mol. The largest absolute Gasteiger partial charge is 0.475 e. The van der Waals surface area contributed by atoms with Gasteiger partial charge in [-0.15, -0.1) is 0 Å². The van der Waals surface area contributed by atoms with Crippen LogP contribution in [0.15, 0.2) is 41.2 Å². The number of H-pyrrole nitrogens is 1.